The van der Waals surface area contributed by atoms with E-state index in [1.54, 1.807) is 23.3 Å². The molecule has 1 amide bonds. The minimum Gasteiger partial charge on any atom is -0.406 e. The molecule has 5 nitrogen and oxygen atoms in total. The number of ether oxygens (including phenoxy) is 1. The van der Waals surface area contributed by atoms with E-state index in [0.29, 0.717) is 5.69 Å². The maximum absolute atomic E-state index is 12.0. The lowest BCUT2D eigenvalue weighted by Gasteiger charge is -2.13. The van der Waals surface area contributed by atoms with Crippen LogP contribution in [0.1, 0.15) is 19.4 Å². The molecule has 0 fully saturated rings. The van der Waals surface area contributed by atoms with Crippen LogP contribution in [0.5, 0.6) is 5.75 Å². The van der Waals surface area contributed by atoms with Crippen molar-refractivity contribution in [2.75, 3.05) is 5.32 Å². The zero-order valence-corrected chi connectivity index (χ0v) is 11.7. The van der Waals surface area contributed by atoms with Gasteiger partial charge in [0.1, 0.15) is 5.75 Å². The Balaban J connectivity index is 1.89. The third-order valence-electron chi connectivity index (χ3n) is 2.89. The standard InChI is InChI=1S/C14H14F3N3O2/c1-10(20-7-6-18-9-20)8-13(21)19-11-2-4-12(5-3-11)22-14(15,16)17/h2-7,9-10H,8H2,1H3,(H,19,21)/t10-/m1/s1. The van der Waals surface area contributed by atoms with Crippen LogP contribution in [0.4, 0.5) is 18.9 Å². The summed E-state index contributed by atoms with van der Waals surface area (Å²) in [7, 11) is 0. The van der Waals surface area contributed by atoms with Crippen molar-refractivity contribution in [1.29, 1.82) is 0 Å². The highest BCUT2D eigenvalue weighted by Gasteiger charge is 2.30. The fraction of sp³-hybridized carbons (Fsp3) is 0.286. The molecule has 0 saturated heterocycles. The van der Waals surface area contributed by atoms with Crippen LogP contribution in [0, 0.1) is 0 Å². The van der Waals surface area contributed by atoms with Gasteiger partial charge in [-0.3, -0.25) is 4.79 Å². The molecule has 8 heteroatoms. The third kappa shape index (κ3) is 4.80. The first-order valence-electron chi connectivity index (χ1n) is 6.46. The number of rotatable bonds is 5. The van der Waals surface area contributed by atoms with Crippen molar-refractivity contribution in [2.24, 2.45) is 0 Å². The Bertz CT molecular complexity index is 609. The summed E-state index contributed by atoms with van der Waals surface area (Å²) in [6.07, 6.45) is 0.471. The molecular formula is C14H14F3N3O2. The number of anilines is 1. The smallest absolute Gasteiger partial charge is 0.406 e. The zero-order chi connectivity index (χ0) is 16.2. The molecule has 0 radical (unpaired) electrons. The third-order valence-corrected chi connectivity index (χ3v) is 2.89. The maximum atomic E-state index is 12.0. The number of benzene rings is 1. The molecule has 0 saturated carbocycles. The molecule has 1 aromatic carbocycles. The number of hydrogen-bond acceptors (Lipinski definition) is 3. The molecule has 0 unspecified atom stereocenters. The zero-order valence-electron chi connectivity index (χ0n) is 11.7. The second-order valence-electron chi connectivity index (χ2n) is 4.68. The van der Waals surface area contributed by atoms with E-state index in [2.05, 4.69) is 15.0 Å². The summed E-state index contributed by atoms with van der Waals surface area (Å²) >= 11 is 0. The van der Waals surface area contributed by atoms with E-state index in [0.717, 1.165) is 12.1 Å². The molecule has 2 rings (SSSR count). The van der Waals surface area contributed by atoms with Crippen LogP contribution < -0.4 is 10.1 Å². The van der Waals surface area contributed by atoms with Crippen LogP contribution in [-0.4, -0.2) is 21.8 Å². The van der Waals surface area contributed by atoms with Gasteiger partial charge in [0.25, 0.3) is 0 Å². The second-order valence-corrected chi connectivity index (χ2v) is 4.68. The summed E-state index contributed by atoms with van der Waals surface area (Å²) in [6, 6.07) is 4.90. The maximum Gasteiger partial charge on any atom is 0.573 e. The number of nitrogens with zero attached hydrogens (tertiary/aromatic N) is 2. The first-order valence-corrected chi connectivity index (χ1v) is 6.46. The molecule has 1 heterocycles. The highest BCUT2D eigenvalue weighted by Crippen LogP contribution is 2.24. The van der Waals surface area contributed by atoms with Gasteiger partial charge in [-0.2, -0.15) is 0 Å². The lowest BCUT2D eigenvalue weighted by Crippen LogP contribution is -2.18. The topological polar surface area (TPSA) is 56.1 Å². The van der Waals surface area contributed by atoms with Gasteiger partial charge in [0.15, 0.2) is 0 Å². The van der Waals surface area contributed by atoms with Gasteiger partial charge in [0.2, 0.25) is 5.91 Å². The van der Waals surface area contributed by atoms with Gasteiger partial charge in [-0.05, 0) is 31.2 Å². The van der Waals surface area contributed by atoms with Crippen molar-refractivity contribution in [3.63, 3.8) is 0 Å². The van der Waals surface area contributed by atoms with Crippen LogP contribution in [0.3, 0.4) is 0 Å². The molecule has 0 aliphatic carbocycles. The number of alkyl halides is 3. The number of aromatic nitrogens is 2. The normalized spacial score (nSPS) is 12.7. The van der Waals surface area contributed by atoms with E-state index in [4.69, 9.17) is 0 Å². The second kappa shape index (κ2) is 6.50. The molecule has 0 aliphatic rings. The molecule has 22 heavy (non-hydrogen) atoms. The summed E-state index contributed by atoms with van der Waals surface area (Å²) in [4.78, 5) is 15.8. The minimum atomic E-state index is -4.73. The highest BCUT2D eigenvalue weighted by atomic mass is 19.4. The molecule has 0 bridgehead atoms. The lowest BCUT2D eigenvalue weighted by atomic mass is 10.2. The Hall–Kier alpha value is -2.51. The predicted octanol–water partition coefficient (Wildman–Crippen LogP) is 3.37. The van der Waals surface area contributed by atoms with E-state index in [1.807, 2.05) is 6.92 Å². The van der Waals surface area contributed by atoms with Crippen molar-refractivity contribution in [2.45, 2.75) is 25.7 Å². The predicted molar refractivity (Wildman–Crippen MR) is 73.3 cm³/mol. The van der Waals surface area contributed by atoms with Crippen molar-refractivity contribution in [3.05, 3.63) is 43.0 Å². The Morgan fingerprint density at radius 3 is 2.59 bits per heavy atom. The first kappa shape index (κ1) is 15.9. The number of nitrogens with one attached hydrogen (secondary N) is 1. The Kier molecular flexibility index (Phi) is 4.69. The lowest BCUT2D eigenvalue weighted by molar-refractivity contribution is -0.274. The number of carbonyl (C=O) groups excluding carboxylic acids is 1. The van der Waals surface area contributed by atoms with Gasteiger partial charge in [0, 0.05) is 30.5 Å². The van der Waals surface area contributed by atoms with E-state index in [9.17, 15) is 18.0 Å². The molecule has 1 aromatic heterocycles. The number of imidazole rings is 1. The minimum absolute atomic E-state index is 0.0738. The first-order chi connectivity index (χ1) is 10.3. The molecule has 118 valence electrons. The average molecular weight is 313 g/mol. The van der Waals surface area contributed by atoms with E-state index < -0.39 is 6.36 Å². The van der Waals surface area contributed by atoms with Crippen molar-refractivity contribution in [3.8, 4) is 5.75 Å². The number of halogens is 3. The monoisotopic (exact) mass is 313 g/mol. The van der Waals surface area contributed by atoms with Gasteiger partial charge in [-0.25, -0.2) is 4.98 Å². The molecule has 0 aliphatic heterocycles. The molecule has 1 atom stereocenters. The highest BCUT2D eigenvalue weighted by molar-refractivity contribution is 5.90. The van der Waals surface area contributed by atoms with Crippen LogP contribution in [0.15, 0.2) is 43.0 Å². The van der Waals surface area contributed by atoms with Crippen molar-refractivity contribution < 1.29 is 22.7 Å². The van der Waals surface area contributed by atoms with Gasteiger partial charge in [-0.1, -0.05) is 0 Å². The summed E-state index contributed by atoms with van der Waals surface area (Å²) in [6.45, 7) is 1.86. The van der Waals surface area contributed by atoms with Crippen LogP contribution in [-0.2, 0) is 4.79 Å². The average Bonchev–Trinajstić information content (AvgIpc) is 2.93. The SMILES string of the molecule is C[C@H](CC(=O)Nc1ccc(OC(F)(F)F)cc1)n1ccnc1. The quantitative estimate of drug-likeness (QED) is 0.921. The molecule has 2 aromatic rings. The fourth-order valence-electron chi connectivity index (χ4n) is 1.86. The molecule has 0 spiro atoms. The fourth-order valence-corrected chi connectivity index (χ4v) is 1.86. The van der Waals surface area contributed by atoms with E-state index >= 15 is 0 Å². The summed E-state index contributed by atoms with van der Waals surface area (Å²) in [5.41, 5.74) is 0.400. The Labute approximate surface area is 124 Å². The molecule has 1 N–H and O–H groups in total. The number of amides is 1. The van der Waals surface area contributed by atoms with Crippen LogP contribution in [0.2, 0.25) is 0 Å². The largest absolute Gasteiger partial charge is 0.573 e. The number of carbonyl (C=O) groups is 1. The summed E-state index contributed by atoms with van der Waals surface area (Å²) in [5.74, 6) is -0.581. The number of hydrogen-bond donors (Lipinski definition) is 1. The summed E-state index contributed by atoms with van der Waals surface area (Å²) in [5, 5.41) is 2.62. The Morgan fingerprint density at radius 2 is 2.05 bits per heavy atom. The Morgan fingerprint density at radius 1 is 1.36 bits per heavy atom. The van der Waals surface area contributed by atoms with Gasteiger partial charge in [0.05, 0.1) is 6.33 Å². The van der Waals surface area contributed by atoms with Gasteiger partial charge in [-0.15, -0.1) is 13.2 Å². The van der Waals surface area contributed by atoms with Gasteiger partial charge >= 0.3 is 6.36 Å². The van der Waals surface area contributed by atoms with Crippen molar-refractivity contribution in [1.82, 2.24) is 9.55 Å². The van der Waals surface area contributed by atoms with E-state index in [1.165, 1.54) is 12.1 Å². The van der Waals surface area contributed by atoms with Crippen LogP contribution >= 0.6 is 0 Å². The molecular weight excluding hydrogens is 299 g/mol. The van der Waals surface area contributed by atoms with Gasteiger partial charge < -0.3 is 14.6 Å². The van der Waals surface area contributed by atoms with Crippen LogP contribution in [0.25, 0.3) is 0 Å². The van der Waals surface area contributed by atoms with E-state index in [-0.39, 0.29) is 24.1 Å². The summed E-state index contributed by atoms with van der Waals surface area (Å²) < 4.78 is 41.6. The van der Waals surface area contributed by atoms with Crippen molar-refractivity contribution >= 4 is 11.6 Å².